The van der Waals surface area contributed by atoms with E-state index >= 15 is 0 Å². The highest BCUT2D eigenvalue weighted by Gasteiger charge is 2.28. The van der Waals surface area contributed by atoms with Crippen molar-refractivity contribution in [2.24, 2.45) is 5.92 Å². The number of sulfonamides is 1. The maximum absolute atomic E-state index is 12.7. The number of piperidine rings is 1. The fourth-order valence-electron chi connectivity index (χ4n) is 4.09. The molecule has 1 aromatic rings. The highest BCUT2D eigenvalue weighted by Crippen LogP contribution is 2.28. The molecule has 0 unspecified atom stereocenters. The molecule has 0 spiro atoms. The van der Waals surface area contributed by atoms with Crippen molar-refractivity contribution in [3.05, 3.63) is 23.8 Å². The summed E-state index contributed by atoms with van der Waals surface area (Å²) in [6.45, 7) is 4.60. The first-order valence-corrected chi connectivity index (χ1v) is 10.9. The average Bonchev–Trinajstić information content (AvgIpc) is 3.15. The van der Waals surface area contributed by atoms with Crippen molar-refractivity contribution in [1.82, 2.24) is 9.62 Å². The van der Waals surface area contributed by atoms with Crippen LogP contribution in [-0.2, 0) is 10.0 Å². The molecular formula is C19H30N2O3S. The van der Waals surface area contributed by atoms with Crippen LogP contribution < -0.4 is 9.46 Å². The van der Waals surface area contributed by atoms with E-state index in [2.05, 4.69) is 9.62 Å². The van der Waals surface area contributed by atoms with Gasteiger partial charge in [-0.1, -0.05) is 18.9 Å². The van der Waals surface area contributed by atoms with Gasteiger partial charge in [0.05, 0.1) is 7.11 Å². The highest BCUT2D eigenvalue weighted by molar-refractivity contribution is 7.89. The quantitative estimate of drug-likeness (QED) is 0.841. The zero-order valence-electron chi connectivity index (χ0n) is 15.3. The van der Waals surface area contributed by atoms with Crippen molar-refractivity contribution >= 4 is 10.0 Å². The molecule has 1 saturated carbocycles. The predicted octanol–water partition coefficient (Wildman–Crippen LogP) is 2.94. The number of aryl methyl sites for hydroxylation is 1. The second kappa shape index (κ2) is 8.06. The van der Waals surface area contributed by atoms with E-state index in [1.165, 1.54) is 32.8 Å². The maximum Gasteiger partial charge on any atom is 0.244 e. The van der Waals surface area contributed by atoms with Crippen molar-refractivity contribution in [3.8, 4) is 5.75 Å². The predicted molar refractivity (Wildman–Crippen MR) is 99.5 cm³/mol. The van der Waals surface area contributed by atoms with Crippen LogP contribution in [-0.4, -0.2) is 46.1 Å². The molecule has 3 rings (SSSR count). The molecule has 2 aliphatic rings. The average molecular weight is 367 g/mol. The smallest absolute Gasteiger partial charge is 0.244 e. The van der Waals surface area contributed by atoms with Crippen molar-refractivity contribution in [3.63, 3.8) is 0 Å². The Kier molecular flexibility index (Phi) is 6.02. The van der Waals surface area contributed by atoms with Crippen LogP contribution in [0.4, 0.5) is 0 Å². The summed E-state index contributed by atoms with van der Waals surface area (Å²) in [6, 6.07) is 6.01. The Hall–Kier alpha value is -1.11. The molecule has 140 valence electrons. The summed E-state index contributed by atoms with van der Waals surface area (Å²) in [5.74, 6) is 0.817. The molecule has 0 aromatic heterocycles. The summed E-state index contributed by atoms with van der Waals surface area (Å²) in [6.07, 6.45) is 7.55. The van der Waals surface area contributed by atoms with Gasteiger partial charge in [0, 0.05) is 12.6 Å². The highest BCUT2D eigenvalue weighted by atomic mass is 32.2. The van der Waals surface area contributed by atoms with Gasteiger partial charge in [-0.05, 0) is 69.3 Å². The van der Waals surface area contributed by atoms with Crippen LogP contribution in [0.2, 0.25) is 0 Å². The molecule has 1 saturated heterocycles. The van der Waals surface area contributed by atoms with Gasteiger partial charge < -0.3 is 9.64 Å². The number of methoxy groups -OCH3 is 1. The molecule has 25 heavy (non-hydrogen) atoms. The molecule has 2 fully saturated rings. The summed E-state index contributed by atoms with van der Waals surface area (Å²) < 4.78 is 33.4. The number of nitrogens with zero attached hydrogens (tertiary/aromatic N) is 1. The van der Waals surface area contributed by atoms with Crippen LogP contribution in [0.3, 0.4) is 0 Å². The van der Waals surface area contributed by atoms with E-state index in [1.807, 2.05) is 13.0 Å². The van der Waals surface area contributed by atoms with Gasteiger partial charge in [-0.25, -0.2) is 13.1 Å². The van der Waals surface area contributed by atoms with E-state index in [1.54, 1.807) is 12.1 Å². The van der Waals surface area contributed by atoms with Crippen molar-refractivity contribution in [1.29, 1.82) is 0 Å². The molecule has 5 nitrogen and oxygen atoms in total. The lowest BCUT2D eigenvalue weighted by Crippen LogP contribution is -2.42. The number of rotatable bonds is 6. The molecule has 0 atom stereocenters. The van der Waals surface area contributed by atoms with E-state index in [9.17, 15) is 8.42 Å². The Bertz CT molecular complexity index is 676. The topological polar surface area (TPSA) is 58.6 Å². The van der Waals surface area contributed by atoms with E-state index in [0.29, 0.717) is 18.2 Å². The lowest BCUT2D eigenvalue weighted by Gasteiger charge is -2.36. The van der Waals surface area contributed by atoms with Gasteiger partial charge in [0.1, 0.15) is 10.6 Å². The normalized spacial score (nSPS) is 20.9. The third-order valence-electron chi connectivity index (χ3n) is 5.66. The maximum atomic E-state index is 12.7. The Labute approximate surface area is 151 Å². The standard InChI is InChI=1S/C19H30N2O3S/c1-15-7-8-18(24-2)19(13-15)25(22,23)20-14-16-9-11-21(12-10-16)17-5-3-4-6-17/h7-8,13,16-17,20H,3-6,9-12,14H2,1-2H3. The fourth-order valence-corrected chi connectivity index (χ4v) is 5.46. The number of ether oxygens (including phenoxy) is 1. The molecule has 1 aromatic carbocycles. The van der Waals surface area contributed by atoms with Gasteiger partial charge in [0.25, 0.3) is 0 Å². The van der Waals surface area contributed by atoms with Crippen LogP contribution in [0.5, 0.6) is 5.75 Å². The minimum atomic E-state index is -3.54. The van der Waals surface area contributed by atoms with Crippen molar-refractivity contribution in [2.45, 2.75) is 56.4 Å². The Morgan fingerprint density at radius 1 is 1.16 bits per heavy atom. The van der Waals surface area contributed by atoms with Crippen LogP contribution in [0, 0.1) is 12.8 Å². The van der Waals surface area contributed by atoms with E-state index in [0.717, 1.165) is 37.5 Å². The van der Waals surface area contributed by atoms with Crippen LogP contribution >= 0.6 is 0 Å². The molecule has 0 amide bonds. The number of hydrogen-bond acceptors (Lipinski definition) is 4. The van der Waals surface area contributed by atoms with E-state index in [4.69, 9.17) is 4.74 Å². The monoisotopic (exact) mass is 366 g/mol. The lowest BCUT2D eigenvalue weighted by molar-refractivity contribution is 0.135. The van der Waals surface area contributed by atoms with Crippen molar-refractivity contribution in [2.75, 3.05) is 26.7 Å². The van der Waals surface area contributed by atoms with E-state index < -0.39 is 10.0 Å². The minimum absolute atomic E-state index is 0.235. The number of nitrogens with one attached hydrogen (secondary N) is 1. The Morgan fingerprint density at radius 2 is 1.84 bits per heavy atom. The molecule has 1 N–H and O–H groups in total. The first-order valence-electron chi connectivity index (χ1n) is 9.38. The summed E-state index contributed by atoms with van der Waals surface area (Å²) in [5.41, 5.74) is 0.908. The molecule has 1 aliphatic heterocycles. The van der Waals surface area contributed by atoms with Crippen LogP contribution in [0.1, 0.15) is 44.1 Å². The zero-order valence-corrected chi connectivity index (χ0v) is 16.1. The lowest BCUT2D eigenvalue weighted by atomic mass is 9.96. The van der Waals surface area contributed by atoms with Crippen molar-refractivity contribution < 1.29 is 13.2 Å². The van der Waals surface area contributed by atoms with Crippen LogP contribution in [0.15, 0.2) is 23.1 Å². The van der Waals surface area contributed by atoms with Crippen LogP contribution in [0.25, 0.3) is 0 Å². The van der Waals surface area contributed by atoms with Gasteiger partial charge in [-0.15, -0.1) is 0 Å². The van der Waals surface area contributed by atoms with Gasteiger partial charge in [-0.2, -0.15) is 0 Å². The first kappa shape index (κ1) is 18.7. The number of benzene rings is 1. The van der Waals surface area contributed by atoms with Gasteiger partial charge in [0.2, 0.25) is 10.0 Å². The summed E-state index contributed by atoms with van der Waals surface area (Å²) in [5, 5.41) is 0. The number of likely N-dealkylation sites (tertiary alicyclic amines) is 1. The second-order valence-electron chi connectivity index (χ2n) is 7.42. The molecule has 6 heteroatoms. The SMILES string of the molecule is COc1ccc(C)cc1S(=O)(=O)NCC1CCN(C2CCCC2)CC1. The first-order chi connectivity index (χ1) is 12.0. The Morgan fingerprint density at radius 3 is 2.48 bits per heavy atom. The molecule has 0 radical (unpaired) electrons. The molecule has 1 aliphatic carbocycles. The largest absolute Gasteiger partial charge is 0.495 e. The summed E-state index contributed by atoms with van der Waals surface area (Å²) in [4.78, 5) is 2.85. The third kappa shape index (κ3) is 4.54. The summed E-state index contributed by atoms with van der Waals surface area (Å²) in [7, 11) is -2.04. The van der Waals surface area contributed by atoms with Gasteiger partial charge in [-0.3, -0.25) is 0 Å². The zero-order chi connectivity index (χ0) is 17.9. The second-order valence-corrected chi connectivity index (χ2v) is 9.16. The number of hydrogen-bond donors (Lipinski definition) is 1. The minimum Gasteiger partial charge on any atom is -0.495 e. The fraction of sp³-hybridized carbons (Fsp3) is 0.684. The summed E-state index contributed by atoms with van der Waals surface area (Å²) >= 11 is 0. The molecular weight excluding hydrogens is 336 g/mol. The molecule has 0 bridgehead atoms. The van der Waals surface area contributed by atoms with E-state index in [-0.39, 0.29) is 4.90 Å². The van der Waals surface area contributed by atoms with Gasteiger partial charge >= 0.3 is 0 Å². The Balaban J connectivity index is 1.55. The van der Waals surface area contributed by atoms with Gasteiger partial charge in [0.15, 0.2) is 0 Å². The molecule has 1 heterocycles. The third-order valence-corrected chi connectivity index (χ3v) is 7.11.